The normalized spacial score (nSPS) is 15.0. The number of alkyl halides is 3. The fourth-order valence-electron chi connectivity index (χ4n) is 3.98. The number of benzene rings is 2. The quantitative estimate of drug-likeness (QED) is 0.513. The topological polar surface area (TPSA) is 124 Å². The second kappa shape index (κ2) is 10.8. The first-order chi connectivity index (χ1) is 17.2. The molecule has 0 bridgehead atoms. The predicted octanol–water partition coefficient (Wildman–Crippen LogP) is 3.81. The van der Waals surface area contributed by atoms with Gasteiger partial charge in [0, 0.05) is 50.5 Å². The van der Waals surface area contributed by atoms with Crippen LogP contribution in [-0.2, 0) is 22.6 Å². The Bertz CT molecular complexity index is 1310. The Morgan fingerprint density at radius 2 is 1.76 bits per heavy atom. The maximum atomic E-state index is 13.8. The van der Waals surface area contributed by atoms with Crippen molar-refractivity contribution in [1.29, 1.82) is 0 Å². The molecule has 1 heterocycles. The number of anilines is 2. The summed E-state index contributed by atoms with van der Waals surface area (Å²) in [5, 5.41) is 9.23. The highest BCUT2D eigenvalue weighted by molar-refractivity contribution is 7.91. The lowest BCUT2D eigenvalue weighted by Gasteiger charge is -2.33. The monoisotopic (exact) mass is 562 g/mol. The van der Waals surface area contributed by atoms with E-state index in [9.17, 15) is 31.2 Å². The molecule has 3 rings (SSSR count). The van der Waals surface area contributed by atoms with Crippen molar-refractivity contribution in [3.63, 3.8) is 0 Å². The van der Waals surface area contributed by atoms with Gasteiger partial charge in [0.1, 0.15) is 0 Å². The fraction of sp³-hybridized carbons (Fsp3) is 0.391. The second-order valence-corrected chi connectivity index (χ2v) is 11.2. The van der Waals surface area contributed by atoms with Crippen LogP contribution in [0.25, 0.3) is 0 Å². The van der Waals surface area contributed by atoms with E-state index in [1.54, 1.807) is 4.90 Å². The Hall–Kier alpha value is -3.03. The zero-order chi connectivity index (χ0) is 27.7. The molecular weight excluding hydrogens is 537 g/mol. The van der Waals surface area contributed by atoms with Crippen molar-refractivity contribution in [2.24, 2.45) is 0 Å². The van der Waals surface area contributed by atoms with Crippen LogP contribution in [0.3, 0.4) is 0 Å². The number of nitrogens with two attached hydrogens (primary N) is 1. The van der Waals surface area contributed by atoms with E-state index in [2.05, 4.69) is 0 Å². The van der Waals surface area contributed by atoms with Crippen molar-refractivity contribution in [2.45, 2.75) is 24.5 Å². The van der Waals surface area contributed by atoms with E-state index in [1.807, 2.05) is 0 Å². The Labute approximate surface area is 217 Å². The van der Waals surface area contributed by atoms with E-state index in [0.29, 0.717) is 6.07 Å². The summed E-state index contributed by atoms with van der Waals surface area (Å²) in [6, 6.07) is 5.32. The van der Waals surface area contributed by atoms with Crippen molar-refractivity contribution in [3.05, 3.63) is 52.0 Å². The van der Waals surface area contributed by atoms with Crippen molar-refractivity contribution < 1.29 is 36.3 Å². The highest BCUT2D eigenvalue weighted by Gasteiger charge is 2.34. The number of halogens is 4. The molecule has 0 unspecified atom stereocenters. The van der Waals surface area contributed by atoms with Crippen LogP contribution in [0.15, 0.2) is 35.2 Å². The van der Waals surface area contributed by atoms with E-state index < -0.39 is 39.1 Å². The molecule has 1 aliphatic heterocycles. The van der Waals surface area contributed by atoms with E-state index in [-0.39, 0.29) is 65.3 Å². The zero-order valence-electron chi connectivity index (χ0n) is 20.0. The molecule has 9 nitrogen and oxygen atoms in total. The number of sulfone groups is 1. The van der Waals surface area contributed by atoms with Crippen LogP contribution in [0.5, 0.6) is 0 Å². The largest absolute Gasteiger partial charge is 0.465 e. The molecule has 2 aromatic carbocycles. The van der Waals surface area contributed by atoms with Crippen molar-refractivity contribution >= 4 is 44.8 Å². The number of amides is 2. The molecule has 37 heavy (non-hydrogen) atoms. The Balaban J connectivity index is 2.03. The summed E-state index contributed by atoms with van der Waals surface area (Å²) in [5.74, 6) is -1.22. The SMILES string of the molecule is CCS(=O)(=O)c1ccc(Cl)cc1N(C)C(=O)c1cc(C(F)(F)F)cc(CN2CCN(C(=O)O)CC2)c1N. The van der Waals surface area contributed by atoms with E-state index >= 15 is 0 Å². The molecule has 3 N–H and O–H groups in total. The Kier molecular flexibility index (Phi) is 8.30. The number of nitrogens with zero attached hydrogens (tertiary/aromatic N) is 3. The first-order valence-electron chi connectivity index (χ1n) is 11.2. The first-order valence-corrected chi connectivity index (χ1v) is 13.2. The molecule has 1 fully saturated rings. The predicted molar refractivity (Wildman–Crippen MR) is 133 cm³/mol. The summed E-state index contributed by atoms with van der Waals surface area (Å²) in [7, 11) is -2.57. The number of nitrogen functional groups attached to an aromatic ring is 1. The lowest BCUT2D eigenvalue weighted by Crippen LogP contribution is -2.47. The van der Waals surface area contributed by atoms with Gasteiger partial charge in [-0.3, -0.25) is 9.69 Å². The maximum Gasteiger partial charge on any atom is 0.416 e. The van der Waals surface area contributed by atoms with Crippen LogP contribution in [0, 0.1) is 0 Å². The standard InChI is InChI=1S/C23H26ClF3N4O5S/c1-3-37(35,36)19-5-4-16(24)12-18(19)29(2)21(32)17-11-15(23(25,26)27)10-14(20(17)28)13-30-6-8-31(9-7-30)22(33)34/h4-5,10-12H,3,6-9,13,28H2,1-2H3,(H,33,34). The fourth-order valence-corrected chi connectivity index (χ4v) is 5.25. The second-order valence-electron chi connectivity index (χ2n) is 8.52. The average Bonchev–Trinajstić information content (AvgIpc) is 2.83. The molecule has 202 valence electrons. The molecular formula is C23H26ClF3N4O5S. The van der Waals surface area contributed by atoms with Crippen molar-refractivity contribution in [3.8, 4) is 0 Å². The van der Waals surface area contributed by atoms with Gasteiger partial charge in [0.15, 0.2) is 9.84 Å². The van der Waals surface area contributed by atoms with Crippen LogP contribution in [0.1, 0.15) is 28.4 Å². The third kappa shape index (κ3) is 6.28. The number of rotatable bonds is 6. The van der Waals surface area contributed by atoms with Gasteiger partial charge in [-0.05, 0) is 35.9 Å². The van der Waals surface area contributed by atoms with E-state index in [1.165, 1.54) is 37.1 Å². The van der Waals surface area contributed by atoms with Gasteiger partial charge in [0.05, 0.1) is 27.5 Å². The Morgan fingerprint density at radius 3 is 2.30 bits per heavy atom. The molecule has 0 radical (unpaired) electrons. The van der Waals surface area contributed by atoms with Gasteiger partial charge >= 0.3 is 12.3 Å². The molecule has 2 aromatic rings. The average molecular weight is 563 g/mol. The number of hydrogen-bond donors (Lipinski definition) is 2. The van der Waals surface area contributed by atoms with Crippen molar-refractivity contribution in [2.75, 3.05) is 49.6 Å². The van der Waals surface area contributed by atoms with Gasteiger partial charge < -0.3 is 20.6 Å². The minimum absolute atomic E-state index is 0.0418. The highest BCUT2D eigenvalue weighted by Crippen LogP contribution is 2.36. The lowest BCUT2D eigenvalue weighted by molar-refractivity contribution is -0.137. The molecule has 0 saturated carbocycles. The molecule has 1 aliphatic rings. The molecule has 1 saturated heterocycles. The smallest absolute Gasteiger partial charge is 0.416 e. The maximum absolute atomic E-state index is 13.8. The van der Waals surface area contributed by atoms with Crippen LogP contribution >= 0.6 is 11.6 Å². The third-order valence-electron chi connectivity index (χ3n) is 6.16. The third-order valence-corrected chi connectivity index (χ3v) is 8.17. The number of carboxylic acid groups (broad SMARTS) is 1. The number of carbonyl (C=O) groups excluding carboxylic acids is 1. The number of piperazine rings is 1. The van der Waals surface area contributed by atoms with Gasteiger partial charge in [0.2, 0.25) is 0 Å². The Morgan fingerprint density at radius 1 is 1.14 bits per heavy atom. The summed E-state index contributed by atoms with van der Waals surface area (Å²) in [5.41, 5.74) is 4.42. The summed E-state index contributed by atoms with van der Waals surface area (Å²) in [6.45, 7) is 2.26. The molecule has 14 heteroatoms. The van der Waals surface area contributed by atoms with Gasteiger partial charge in [-0.1, -0.05) is 18.5 Å². The summed E-state index contributed by atoms with van der Waals surface area (Å²) in [6.07, 6.45) is -5.87. The van der Waals surface area contributed by atoms with Crippen LogP contribution in [0.2, 0.25) is 5.02 Å². The molecule has 0 aromatic heterocycles. The van der Waals surface area contributed by atoms with Crippen LogP contribution in [0.4, 0.5) is 29.3 Å². The van der Waals surface area contributed by atoms with E-state index in [4.69, 9.17) is 22.4 Å². The first kappa shape index (κ1) is 28.5. The van der Waals surface area contributed by atoms with Crippen LogP contribution in [-0.4, -0.2) is 74.3 Å². The van der Waals surface area contributed by atoms with E-state index in [0.717, 1.165) is 11.0 Å². The van der Waals surface area contributed by atoms with Crippen LogP contribution < -0.4 is 10.6 Å². The summed E-state index contributed by atoms with van der Waals surface area (Å²) < 4.78 is 66.4. The zero-order valence-corrected chi connectivity index (χ0v) is 21.6. The van der Waals surface area contributed by atoms with Gasteiger partial charge in [-0.2, -0.15) is 13.2 Å². The van der Waals surface area contributed by atoms with Gasteiger partial charge in [0.25, 0.3) is 5.91 Å². The minimum Gasteiger partial charge on any atom is -0.465 e. The number of carbonyl (C=O) groups is 2. The van der Waals surface area contributed by atoms with Gasteiger partial charge in [-0.15, -0.1) is 0 Å². The number of hydrogen-bond acceptors (Lipinski definition) is 6. The molecule has 2 amide bonds. The molecule has 0 spiro atoms. The highest BCUT2D eigenvalue weighted by atomic mass is 35.5. The summed E-state index contributed by atoms with van der Waals surface area (Å²) >= 11 is 6.03. The lowest BCUT2D eigenvalue weighted by atomic mass is 10.0. The van der Waals surface area contributed by atoms with Gasteiger partial charge in [-0.25, -0.2) is 13.2 Å². The minimum atomic E-state index is -4.79. The summed E-state index contributed by atoms with van der Waals surface area (Å²) in [4.78, 5) is 28.2. The molecule has 0 atom stereocenters. The molecule has 0 aliphatic carbocycles. The van der Waals surface area contributed by atoms with Crippen molar-refractivity contribution in [1.82, 2.24) is 9.80 Å².